The van der Waals surface area contributed by atoms with Crippen molar-refractivity contribution in [2.45, 2.75) is 19.9 Å². The molecule has 21 heavy (non-hydrogen) atoms. The van der Waals surface area contributed by atoms with Crippen molar-refractivity contribution in [3.8, 4) is 5.69 Å². The standard InChI is InChI=1S/C14H16N4O3/c1-9(2)12(14(20)21)16-13(19)10-3-5-11(6-4-10)18-8-7-15-17-18/h3-9,12H,1-2H3,(H,16,19)(H,20,21)/t12-/m1/s1. The number of carboxylic acids is 1. The third-order valence-electron chi connectivity index (χ3n) is 3.04. The van der Waals surface area contributed by atoms with E-state index in [4.69, 9.17) is 5.11 Å². The van der Waals surface area contributed by atoms with E-state index in [-0.39, 0.29) is 5.92 Å². The van der Waals surface area contributed by atoms with Gasteiger partial charge in [-0.2, -0.15) is 0 Å². The normalized spacial score (nSPS) is 12.1. The fourth-order valence-corrected chi connectivity index (χ4v) is 1.85. The summed E-state index contributed by atoms with van der Waals surface area (Å²) in [6.07, 6.45) is 3.25. The quantitative estimate of drug-likeness (QED) is 0.859. The Morgan fingerprint density at radius 2 is 1.90 bits per heavy atom. The molecule has 7 heteroatoms. The molecule has 0 aliphatic heterocycles. The van der Waals surface area contributed by atoms with Gasteiger partial charge in [0, 0.05) is 5.56 Å². The maximum atomic E-state index is 12.1. The lowest BCUT2D eigenvalue weighted by atomic mass is 10.0. The third-order valence-corrected chi connectivity index (χ3v) is 3.04. The Balaban J connectivity index is 2.11. The third kappa shape index (κ3) is 3.44. The number of hydrogen-bond donors (Lipinski definition) is 2. The van der Waals surface area contributed by atoms with Gasteiger partial charge in [0.2, 0.25) is 0 Å². The van der Waals surface area contributed by atoms with Crippen LogP contribution in [-0.2, 0) is 4.79 Å². The zero-order valence-electron chi connectivity index (χ0n) is 11.7. The fourth-order valence-electron chi connectivity index (χ4n) is 1.85. The molecule has 2 rings (SSSR count). The summed E-state index contributed by atoms with van der Waals surface area (Å²) < 4.78 is 1.57. The molecule has 0 radical (unpaired) electrons. The number of rotatable bonds is 5. The van der Waals surface area contributed by atoms with Crippen LogP contribution >= 0.6 is 0 Å². The van der Waals surface area contributed by atoms with E-state index < -0.39 is 17.9 Å². The smallest absolute Gasteiger partial charge is 0.326 e. The van der Waals surface area contributed by atoms with E-state index >= 15 is 0 Å². The molecule has 7 nitrogen and oxygen atoms in total. The van der Waals surface area contributed by atoms with Gasteiger partial charge in [0.25, 0.3) is 5.91 Å². The van der Waals surface area contributed by atoms with Gasteiger partial charge in [-0.05, 0) is 30.2 Å². The van der Waals surface area contributed by atoms with Gasteiger partial charge in [0.15, 0.2) is 0 Å². The molecule has 1 aromatic heterocycles. The minimum absolute atomic E-state index is 0.194. The molecule has 0 unspecified atom stereocenters. The van der Waals surface area contributed by atoms with Crippen LogP contribution in [0, 0.1) is 5.92 Å². The Hall–Kier alpha value is -2.70. The van der Waals surface area contributed by atoms with Crippen LogP contribution in [0.2, 0.25) is 0 Å². The van der Waals surface area contributed by atoms with Gasteiger partial charge in [-0.15, -0.1) is 5.10 Å². The van der Waals surface area contributed by atoms with Crippen LogP contribution in [-0.4, -0.2) is 38.0 Å². The summed E-state index contributed by atoms with van der Waals surface area (Å²) in [7, 11) is 0. The fraction of sp³-hybridized carbons (Fsp3) is 0.286. The highest BCUT2D eigenvalue weighted by Gasteiger charge is 2.23. The number of amides is 1. The molecule has 1 heterocycles. The number of hydrogen-bond acceptors (Lipinski definition) is 4. The molecular weight excluding hydrogens is 272 g/mol. The Labute approximate surface area is 121 Å². The molecule has 0 bridgehead atoms. The maximum Gasteiger partial charge on any atom is 0.326 e. The number of aliphatic carboxylic acids is 1. The van der Waals surface area contributed by atoms with Crippen molar-refractivity contribution in [3.63, 3.8) is 0 Å². The van der Waals surface area contributed by atoms with Gasteiger partial charge in [0.05, 0.1) is 18.1 Å². The van der Waals surface area contributed by atoms with E-state index in [1.165, 1.54) is 0 Å². The number of aromatic nitrogens is 3. The summed E-state index contributed by atoms with van der Waals surface area (Å²) in [6.45, 7) is 3.49. The zero-order valence-corrected chi connectivity index (χ0v) is 11.7. The van der Waals surface area contributed by atoms with Crippen molar-refractivity contribution < 1.29 is 14.7 Å². The highest BCUT2D eigenvalue weighted by atomic mass is 16.4. The van der Waals surface area contributed by atoms with E-state index in [0.717, 1.165) is 5.69 Å². The second-order valence-corrected chi connectivity index (χ2v) is 4.93. The van der Waals surface area contributed by atoms with Gasteiger partial charge in [0.1, 0.15) is 6.04 Å². The Morgan fingerprint density at radius 1 is 1.24 bits per heavy atom. The molecule has 0 fully saturated rings. The summed E-state index contributed by atoms with van der Waals surface area (Å²) in [4.78, 5) is 23.1. The average Bonchev–Trinajstić information content (AvgIpc) is 2.98. The summed E-state index contributed by atoms with van der Waals surface area (Å²) in [6, 6.07) is 5.76. The van der Waals surface area contributed by atoms with Gasteiger partial charge in [-0.1, -0.05) is 19.1 Å². The Kier molecular flexibility index (Phi) is 4.32. The van der Waals surface area contributed by atoms with Crippen LogP contribution in [0.5, 0.6) is 0 Å². The minimum atomic E-state index is -1.04. The highest BCUT2D eigenvalue weighted by Crippen LogP contribution is 2.09. The lowest BCUT2D eigenvalue weighted by Gasteiger charge is -2.17. The highest BCUT2D eigenvalue weighted by molar-refractivity contribution is 5.96. The molecule has 0 saturated heterocycles. The molecule has 0 spiro atoms. The Bertz CT molecular complexity index is 620. The van der Waals surface area contributed by atoms with Crippen molar-refractivity contribution in [3.05, 3.63) is 42.2 Å². The van der Waals surface area contributed by atoms with Crippen LogP contribution in [0.4, 0.5) is 0 Å². The summed E-state index contributed by atoms with van der Waals surface area (Å²) in [5.74, 6) is -1.65. The van der Waals surface area contributed by atoms with Crippen molar-refractivity contribution >= 4 is 11.9 Å². The van der Waals surface area contributed by atoms with Crippen LogP contribution in [0.25, 0.3) is 5.69 Å². The summed E-state index contributed by atoms with van der Waals surface area (Å²) >= 11 is 0. The maximum absolute atomic E-state index is 12.1. The minimum Gasteiger partial charge on any atom is -0.480 e. The second-order valence-electron chi connectivity index (χ2n) is 4.93. The first-order chi connectivity index (χ1) is 9.99. The number of carboxylic acid groups (broad SMARTS) is 1. The monoisotopic (exact) mass is 288 g/mol. The van der Waals surface area contributed by atoms with Crippen LogP contribution in [0.1, 0.15) is 24.2 Å². The summed E-state index contributed by atoms with van der Waals surface area (Å²) in [5.41, 5.74) is 1.16. The van der Waals surface area contributed by atoms with E-state index in [0.29, 0.717) is 5.56 Å². The second kappa shape index (κ2) is 6.17. The predicted octanol–water partition coefficient (Wildman–Crippen LogP) is 1.11. The van der Waals surface area contributed by atoms with Crippen molar-refractivity contribution in [2.24, 2.45) is 5.92 Å². The first-order valence-corrected chi connectivity index (χ1v) is 6.49. The van der Waals surface area contributed by atoms with E-state index in [1.807, 2.05) is 0 Å². The molecular formula is C14H16N4O3. The number of carbonyl (C=O) groups is 2. The molecule has 0 aliphatic rings. The molecule has 1 amide bonds. The SMILES string of the molecule is CC(C)[C@@H](NC(=O)c1ccc(-n2ccnn2)cc1)C(=O)O. The number of nitrogens with one attached hydrogen (secondary N) is 1. The topological polar surface area (TPSA) is 97.1 Å². The molecule has 2 aromatic rings. The molecule has 2 N–H and O–H groups in total. The zero-order chi connectivity index (χ0) is 15.4. The van der Waals surface area contributed by atoms with Gasteiger partial charge in [-0.25, -0.2) is 9.48 Å². The molecule has 0 saturated carbocycles. The summed E-state index contributed by atoms with van der Waals surface area (Å²) in [5, 5.41) is 19.1. The van der Waals surface area contributed by atoms with Crippen LogP contribution < -0.4 is 5.32 Å². The van der Waals surface area contributed by atoms with Gasteiger partial charge < -0.3 is 10.4 Å². The molecule has 0 aliphatic carbocycles. The Morgan fingerprint density at radius 3 is 2.38 bits per heavy atom. The number of nitrogens with zero attached hydrogens (tertiary/aromatic N) is 3. The molecule has 110 valence electrons. The number of carbonyl (C=O) groups excluding carboxylic acids is 1. The molecule has 1 aromatic carbocycles. The number of benzene rings is 1. The van der Waals surface area contributed by atoms with E-state index in [1.54, 1.807) is 55.2 Å². The first kappa shape index (κ1) is 14.7. The van der Waals surface area contributed by atoms with Gasteiger partial charge >= 0.3 is 5.97 Å². The largest absolute Gasteiger partial charge is 0.480 e. The van der Waals surface area contributed by atoms with Crippen LogP contribution in [0.3, 0.4) is 0 Å². The van der Waals surface area contributed by atoms with Crippen molar-refractivity contribution in [1.82, 2.24) is 20.3 Å². The lowest BCUT2D eigenvalue weighted by molar-refractivity contribution is -0.140. The average molecular weight is 288 g/mol. The van der Waals surface area contributed by atoms with Crippen LogP contribution in [0.15, 0.2) is 36.7 Å². The van der Waals surface area contributed by atoms with Gasteiger partial charge in [-0.3, -0.25) is 4.79 Å². The van der Waals surface area contributed by atoms with Crippen molar-refractivity contribution in [1.29, 1.82) is 0 Å². The predicted molar refractivity (Wildman–Crippen MR) is 75.1 cm³/mol. The van der Waals surface area contributed by atoms with E-state index in [2.05, 4.69) is 15.6 Å². The van der Waals surface area contributed by atoms with Crippen molar-refractivity contribution in [2.75, 3.05) is 0 Å². The lowest BCUT2D eigenvalue weighted by Crippen LogP contribution is -2.44. The molecule has 1 atom stereocenters. The van der Waals surface area contributed by atoms with E-state index in [9.17, 15) is 9.59 Å². The first-order valence-electron chi connectivity index (χ1n) is 6.49.